The van der Waals surface area contributed by atoms with Crippen LogP contribution in [0.3, 0.4) is 0 Å². The third-order valence-electron chi connectivity index (χ3n) is 4.90. The van der Waals surface area contributed by atoms with Crippen molar-refractivity contribution in [3.8, 4) is 17.5 Å². The van der Waals surface area contributed by atoms with Crippen molar-refractivity contribution in [2.75, 3.05) is 5.84 Å². The van der Waals surface area contributed by atoms with Gasteiger partial charge in [-0.15, -0.1) is 10.2 Å². The Morgan fingerprint density at radius 3 is 2.47 bits per heavy atom. The van der Waals surface area contributed by atoms with Crippen LogP contribution in [0, 0.1) is 32.1 Å². The van der Waals surface area contributed by atoms with E-state index in [0.29, 0.717) is 28.0 Å². The van der Waals surface area contributed by atoms with Gasteiger partial charge in [-0.25, -0.2) is 9.36 Å². The van der Waals surface area contributed by atoms with Crippen LogP contribution in [0.15, 0.2) is 53.7 Å². The van der Waals surface area contributed by atoms with E-state index in [1.807, 2.05) is 63.2 Å². The maximum absolute atomic E-state index is 9.65. The van der Waals surface area contributed by atoms with Crippen LogP contribution in [0.25, 0.3) is 5.69 Å². The first kappa shape index (κ1) is 21.5. The van der Waals surface area contributed by atoms with E-state index in [0.717, 1.165) is 28.3 Å². The van der Waals surface area contributed by atoms with Gasteiger partial charge in [0.15, 0.2) is 5.82 Å². The molecule has 9 heteroatoms. The molecule has 2 aromatic heterocycles. The van der Waals surface area contributed by atoms with E-state index in [2.05, 4.69) is 27.4 Å². The molecular formula is C23H23N7OS. The second-order valence-electron chi connectivity index (χ2n) is 7.44. The van der Waals surface area contributed by atoms with Crippen molar-refractivity contribution in [3.05, 3.63) is 82.4 Å². The van der Waals surface area contributed by atoms with Crippen LogP contribution in [-0.4, -0.2) is 24.7 Å². The van der Waals surface area contributed by atoms with Gasteiger partial charge in [0, 0.05) is 5.75 Å². The first-order chi connectivity index (χ1) is 15.5. The predicted octanol–water partition coefficient (Wildman–Crippen LogP) is 3.85. The molecule has 0 unspecified atom stereocenters. The number of hydrogen-bond acceptors (Lipinski definition) is 7. The van der Waals surface area contributed by atoms with E-state index in [1.54, 1.807) is 4.68 Å². The predicted molar refractivity (Wildman–Crippen MR) is 123 cm³/mol. The molecule has 0 saturated carbocycles. The first-order valence-corrected chi connectivity index (χ1v) is 11.0. The van der Waals surface area contributed by atoms with Crippen molar-refractivity contribution in [2.45, 2.75) is 38.3 Å². The van der Waals surface area contributed by atoms with E-state index >= 15 is 0 Å². The molecule has 0 fully saturated rings. The highest BCUT2D eigenvalue weighted by Crippen LogP contribution is 2.26. The van der Waals surface area contributed by atoms with Crippen LogP contribution in [0.5, 0.6) is 5.75 Å². The third kappa shape index (κ3) is 4.45. The molecule has 0 bridgehead atoms. The smallest absolute Gasteiger partial charge is 0.210 e. The van der Waals surface area contributed by atoms with Crippen LogP contribution >= 0.6 is 11.8 Å². The largest absolute Gasteiger partial charge is 0.486 e. The summed E-state index contributed by atoms with van der Waals surface area (Å²) < 4.78 is 9.08. The summed E-state index contributed by atoms with van der Waals surface area (Å²) in [7, 11) is 0. The summed E-state index contributed by atoms with van der Waals surface area (Å²) in [6, 6.07) is 18.0. The Labute approximate surface area is 190 Å². The Kier molecular flexibility index (Phi) is 6.14. The summed E-state index contributed by atoms with van der Waals surface area (Å²) in [4.78, 5) is 0. The maximum atomic E-state index is 9.65. The zero-order chi connectivity index (χ0) is 22.7. The van der Waals surface area contributed by atoms with Gasteiger partial charge in [0.2, 0.25) is 5.16 Å². The van der Waals surface area contributed by atoms with Gasteiger partial charge in [-0.1, -0.05) is 36.0 Å². The lowest BCUT2D eigenvalue weighted by Crippen LogP contribution is -2.16. The number of nitrogen functional groups attached to an aromatic ring is 1. The molecule has 162 valence electrons. The molecule has 0 radical (unpaired) electrons. The number of hydrogen-bond donors (Lipinski definition) is 1. The minimum absolute atomic E-state index is 0.206. The number of nitrogens with two attached hydrogens (primary N) is 1. The van der Waals surface area contributed by atoms with Gasteiger partial charge in [-0.05, 0) is 56.2 Å². The van der Waals surface area contributed by atoms with E-state index in [-0.39, 0.29) is 6.61 Å². The van der Waals surface area contributed by atoms with Gasteiger partial charge >= 0.3 is 0 Å². The van der Waals surface area contributed by atoms with Crippen LogP contribution in [-0.2, 0) is 12.4 Å². The monoisotopic (exact) mass is 445 g/mol. The molecule has 4 aromatic rings. The van der Waals surface area contributed by atoms with Crippen molar-refractivity contribution in [1.82, 2.24) is 24.7 Å². The normalized spacial score (nSPS) is 10.8. The summed E-state index contributed by atoms with van der Waals surface area (Å²) in [5, 5.41) is 23.1. The van der Waals surface area contributed by atoms with Gasteiger partial charge < -0.3 is 10.6 Å². The summed E-state index contributed by atoms with van der Waals surface area (Å²) in [6.07, 6.45) is 0. The number of thioether (sulfide) groups is 1. The Morgan fingerprint density at radius 1 is 1.06 bits per heavy atom. The Balaban J connectivity index is 1.51. The van der Waals surface area contributed by atoms with Crippen LogP contribution in [0.1, 0.15) is 33.9 Å². The van der Waals surface area contributed by atoms with Crippen LogP contribution in [0.4, 0.5) is 0 Å². The molecule has 2 N–H and O–H groups in total. The number of ether oxygens (including phenoxy) is 1. The quantitative estimate of drug-likeness (QED) is 0.340. The molecule has 4 rings (SSSR count). The van der Waals surface area contributed by atoms with Crippen molar-refractivity contribution in [2.24, 2.45) is 0 Å². The Morgan fingerprint density at radius 2 is 1.78 bits per heavy atom. The zero-order valence-corrected chi connectivity index (χ0v) is 18.9. The summed E-state index contributed by atoms with van der Waals surface area (Å²) >= 11 is 1.40. The Bertz CT molecular complexity index is 1270. The van der Waals surface area contributed by atoms with Gasteiger partial charge in [0.25, 0.3) is 0 Å². The second-order valence-corrected chi connectivity index (χ2v) is 8.38. The summed E-state index contributed by atoms with van der Waals surface area (Å²) in [5.74, 6) is 7.96. The fourth-order valence-electron chi connectivity index (χ4n) is 3.44. The lowest BCUT2D eigenvalue weighted by Gasteiger charge is -2.09. The van der Waals surface area contributed by atoms with Crippen LogP contribution in [0.2, 0.25) is 0 Å². The molecule has 0 aliphatic heterocycles. The molecule has 2 aromatic carbocycles. The lowest BCUT2D eigenvalue weighted by molar-refractivity contribution is 0.291. The van der Waals surface area contributed by atoms with Gasteiger partial charge in [0.1, 0.15) is 18.4 Å². The molecule has 0 atom stereocenters. The minimum Gasteiger partial charge on any atom is -0.486 e. The molecule has 2 heterocycles. The third-order valence-corrected chi connectivity index (χ3v) is 5.86. The highest BCUT2D eigenvalue weighted by Gasteiger charge is 2.19. The first-order valence-electron chi connectivity index (χ1n) is 10.0. The van der Waals surface area contributed by atoms with E-state index < -0.39 is 0 Å². The average Bonchev–Trinajstić information content (AvgIpc) is 3.29. The minimum atomic E-state index is 0.206. The number of nitrogens with zero attached hydrogens (tertiary/aromatic N) is 6. The second kappa shape index (κ2) is 9.16. The number of benzene rings is 2. The molecule has 0 aliphatic rings. The molecule has 8 nitrogen and oxygen atoms in total. The van der Waals surface area contributed by atoms with E-state index in [4.69, 9.17) is 10.6 Å². The maximum Gasteiger partial charge on any atom is 0.210 e. The molecule has 32 heavy (non-hydrogen) atoms. The molecule has 0 amide bonds. The van der Waals surface area contributed by atoms with Crippen molar-refractivity contribution < 1.29 is 4.74 Å². The summed E-state index contributed by atoms with van der Waals surface area (Å²) in [6.45, 7) is 6.09. The van der Waals surface area contributed by atoms with Gasteiger partial charge in [-0.2, -0.15) is 10.4 Å². The van der Waals surface area contributed by atoms with Crippen LogP contribution < -0.4 is 10.6 Å². The number of rotatable bonds is 7. The molecule has 0 spiro atoms. The number of aryl methyl sites for hydroxylation is 3. The fourth-order valence-corrected chi connectivity index (χ4v) is 4.31. The Hall–Kier alpha value is -3.77. The SMILES string of the molecule is Cc1cc(C)cc(OCc2nnc(SCc3c(C#N)c(C)nn3-c3ccccc3)n2N)c1. The van der Waals surface area contributed by atoms with Crippen molar-refractivity contribution >= 4 is 11.8 Å². The number of para-hydroxylation sites is 1. The number of nitriles is 1. The number of aromatic nitrogens is 5. The fraction of sp³-hybridized carbons (Fsp3) is 0.217. The van der Waals surface area contributed by atoms with Crippen molar-refractivity contribution in [3.63, 3.8) is 0 Å². The highest BCUT2D eigenvalue weighted by molar-refractivity contribution is 7.98. The van der Waals surface area contributed by atoms with Gasteiger partial charge in [0.05, 0.1) is 22.6 Å². The lowest BCUT2D eigenvalue weighted by atomic mass is 10.1. The highest BCUT2D eigenvalue weighted by atomic mass is 32.2. The average molecular weight is 446 g/mol. The van der Waals surface area contributed by atoms with Gasteiger partial charge in [-0.3, -0.25) is 0 Å². The summed E-state index contributed by atoms with van der Waals surface area (Å²) in [5.41, 5.74) is 5.18. The topological polar surface area (TPSA) is 108 Å². The van der Waals surface area contributed by atoms with Crippen molar-refractivity contribution in [1.29, 1.82) is 5.26 Å². The van der Waals surface area contributed by atoms with E-state index in [9.17, 15) is 5.26 Å². The molecule has 0 aliphatic carbocycles. The zero-order valence-electron chi connectivity index (χ0n) is 18.1. The standard InChI is InChI=1S/C23H23N7OS/c1-15-9-16(2)11-19(10-15)31-13-22-26-27-23(29(22)25)32-14-21-20(12-24)17(3)28-30(21)18-7-5-4-6-8-18/h4-11H,13-14,25H2,1-3H3. The van der Waals surface area contributed by atoms with E-state index in [1.165, 1.54) is 16.4 Å². The molecule has 0 saturated heterocycles. The molecular weight excluding hydrogens is 422 g/mol.